The van der Waals surface area contributed by atoms with Crippen molar-refractivity contribution >= 4 is 22.7 Å². The van der Waals surface area contributed by atoms with Gasteiger partial charge in [0.2, 0.25) is 4.80 Å². The summed E-state index contributed by atoms with van der Waals surface area (Å²) in [5.74, 6) is 1.44. The second-order valence-electron chi connectivity index (χ2n) is 6.96. The largest absolute Gasteiger partial charge is 0.494 e. The number of nitrogens with zero attached hydrogens (tertiary/aromatic N) is 3. The molecule has 0 amide bonds. The highest BCUT2D eigenvalue weighted by molar-refractivity contribution is 7.07. The molecule has 2 aromatic carbocycles. The molecule has 0 saturated carbocycles. The molecule has 0 N–H and O–H groups in total. The third-order valence-corrected chi connectivity index (χ3v) is 5.73. The first kappa shape index (κ1) is 19.9. The summed E-state index contributed by atoms with van der Waals surface area (Å²) in [5.41, 5.74) is 6.09. The topological polar surface area (TPSA) is 52.0 Å². The third-order valence-electron chi connectivity index (χ3n) is 4.92. The van der Waals surface area contributed by atoms with Crippen molar-refractivity contribution in [2.45, 2.75) is 20.8 Å². The van der Waals surface area contributed by atoms with Crippen LogP contribution in [-0.4, -0.2) is 17.5 Å². The number of ether oxygens (including phenoxy) is 1. The highest BCUT2D eigenvalue weighted by atomic mass is 32.1. The Labute approximate surface area is 179 Å². The van der Waals surface area contributed by atoms with Gasteiger partial charge in [0.1, 0.15) is 22.9 Å². The zero-order valence-corrected chi connectivity index (χ0v) is 18.2. The molecule has 4 rings (SSSR count). The Morgan fingerprint density at radius 1 is 1.03 bits per heavy atom. The van der Waals surface area contributed by atoms with Crippen molar-refractivity contribution in [3.63, 3.8) is 0 Å². The number of hydrogen-bond donors (Lipinski definition) is 0. The molecule has 0 aliphatic heterocycles. The van der Waals surface area contributed by atoms with E-state index in [1.165, 1.54) is 22.5 Å². The van der Waals surface area contributed by atoms with E-state index in [0.29, 0.717) is 0 Å². The summed E-state index contributed by atoms with van der Waals surface area (Å²) in [5, 5.41) is 6.94. The first-order valence-electron chi connectivity index (χ1n) is 9.62. The number of para-hydroxylation sites is 2. The van der Waals surface area contributed by atoms with E-state index in [2.05, 4.69) is 37.4 Å². The molecule has 0 bridgehead atoms. The third kappa shape index (κ3) is 4.00. The van der Waals surface area contributed by atoms with E-state index in [1.807, 2.05) is 48.0 Å². The van der Waals surface area contributed by atoms with Crippen LogP contribution in [0.4, 0.5) is 5.69 Å². The van der Waals surface area contributed by atoms with Gasteiger partial charge in [-0.3, -0.25) is 0 Å². The zero-order valence-electron chi connectivity index (χ0n) is 17.4. The number of thiazole rings is 1. The van der Waals surface area contributed by atoms with E-state index in [1.54, 1.807) is 13.4 Å². The Balaban J connectivity index is 1.93. The molecule has 0 atom stereocenters. The maximum Gasteiger partial charge on any atom is 0.211 e. The molecule has 0 fully saturated rings. The van der Waals surface area contributed by atoms with Crippen LogP contribution in [0.1, 0.15) is 23.8 Å². The van der Waals surface area contributed by atoms with Gasteiger partial charge < -0.3 is 9.15 Å². The monoisotopic (exact) mass is 417 g/mol. The Morgan fingerprint density at radius 2 is 1.87 bits per heavy atom. The van der Waals surface area contributed by atoms with E-state index < -0.39 is 0 Å². The summed E-state index contributed by atoms with van der Waals surface area (Å²) in [6.07, 6.45) is 1.65. The normalized spacial score (nSPS) is 12.4. The summed E-state index contributed by atoms with van der Waals surface area (Å²) in [6.45, 7) is 6.16. The maximum absolute atomic E-state index is 5.53. The smallest absolute Gasteiger partial charge is 0.211 e. The lowest BCUT2D eigenvalue weighted by Crippen LogP contribution is -2.13. The molecule has 0 unspecified atom stereocenters. The molecule has 6 heteroatoms. The van der Waals surface area contributed by atoms with E-state index in [0.717, 1.165) is 39.0 Å². The van der Waals surface area contributed by atoms with Crippen molar-refractivity contribution in [1.82, 2.24) is 4.68 Å². The molecule has 2 heterocycles. The molecule has 0 spiro atoms. The van der Waals surface area contributed by atoms with E-state index >= 15 is 0 Å². The average molecular weight is 418 g/mol. The minimum atomic E-state index is 0.719. The SMILES string of the molecule is COc1ccccc1N=c1scc(-c2ccc(C)c(C)c2)n1/N=C(/C)c1ccco1. The van der Waals surface area contributed by atoms with Crippen molar-refractivity contribution in [1.29, 1.82) is 0 Å². The zero-order chi connectivity index (χ0) is 21.1. The van der Waals surface area contributed by atoms with Gasteiger partial charge in [-0.2, -0.15) is 5.10 Å². The van der Waals surface area contributed by atoms with Crippen molar-refractivity contribution in [3.8, 4) is 17.0 Å². The molecule has 0 saturated heterocycles. The van der Waals surface area contributed by atoms with Crippen LogP contribution in [0, 0.1) is 13.8 Å². The molecular weight excluding hydrogens is 394 g/mol. The van der Waals surface area contributed by atoms with Crippen LogP contribution in [0.15, 0.2) is 80.8 Å². The number of aromatic nitrogens is 1. The summed E-state index contributed by atoms with van der Waals surface area (Å²) in [7, 11) is 1.65. The van der Waals surface area contributed by atoms with Crippen molar-refractivity contribution in [3.05, 3.63) is 87.9 Å². The van der Waals surface area contributed by atoms with Gasteiger partial charge in [0.05, 0.1) is 19.1 Å². The van der Waals surface area contributed by atoms with E-state index in [4.69, 9.17) is 19.2 Å². The molecule has 152 valence electrons. The summed E-state index contributed by atoms with van der Waals surface area (Å²) >= 11 is 1.54. The summed E-state index contributed by atoms with van der Waals surface area (Å²) in [6, 6.07) is 17.9. The minimum Gasteiger partial charge on any atom is -0.494 e. The Bertz CT molecular complexity index is 1260. The van der Waals surface area contributed by atoms with Crippen LogP contribution >= 0.6 is 11.3 Å². The van der Waals surface area contributed by atoms with Crippen LogP contribution in [0.5, 0.6) is 5.75 Å². The molecule has 5 nitrogen and oxygen atoms in total. The summed E-state index contributed by atoms with van der Waals surface area (Å²) in [4.78, 5) is 5.60. The molecular formula is C24H23N3O2S. The lowest BCUT2D eigenvalue weighted by atomic mass is 10.1. The molecule has 0 aliphatic rings. The summed E-state index contributed by atoms with van der Waals surface area (Å²) < 4.78 is 12.9. The van der Waals surface area contributed by atoms with E-state index in [9.17, 15) is 0 Å². The van der Waals surface area contributed by atoms with Gasteiger partial charge in [-0.15, -0.1) is 11.3 Å². The fourth-order valence-corrected chi connectivity index (χ4v) is 3.92. The average Bonchev–Trinajstić information content (AvgIpc) is 3.42. The first-order chi connectivity index (χ1) is 14.6. The number of hydrogen-bond acceptors (Lipinski definition) is 5. The number of methoxy groups -OCH3 is 1. The Kier molecular flexibility index (Phi) is 5.68. The van der Waals surface area contributed by atoms with Gasteiger partial charge in [0.15, 0.2) is 0 Å². The minimum absolute atomic E-state index is 0.719. The van der Waals surface area contributed by atoms with Crippen molar-refractivity contribution in [2.24, 2.45) is 10.1 Å². The second kappa shape index (κ2) is 8.55. The lowest BCUT2D eigenvalue weighted by molar-refractivity contribution is 0.416. The van der Waals surface area contributed by atoms with Gasteiger partial charge in [0.25, 0.3) is 0 Å². The van der Waals surface area contributed by atoms with Gasteiger partial charge in [-0.1, -0.05) is 24.3 Å². The number of rotatable bonds is 5. The molecule has 4 aromatic rings. The maximum atomic E-state index is 5.53. The quantitative estimate of drug-likeness (QED) is 0.377. The van der Waals surface area contributed by atoms with Crippen LogP contribution in [0.2, 0.25) is 0 Å². The predicted octanol–water partition coefficient (Wildman–Crippen LogP) is 5.94. The highest BCUT2D eigenvalue weighted by Gasteiger charge is 2.11. The Morgan fingerprint density at radius 3 is 2.60 bits per heavy atom. The van der Waals surface area contributed by atoms with Crippen LogP contribution in [0.3, 0.4) is 0 Å². The molecule has 0 radical (unpaired) electrons. The fourth-order valence-electron chi connectivity index (χ4n) is 3.08. The molecule has 0 aliphatic carbocycles. The first-order valence-corrected chi connectivity index (χ1v) is 10.5. The molecule has 2 aromatic heterocycles. The van der Waals surface area contributed by atoms with Crippen LogP contribution < -0.4 is 9.54 Å². The van der Waals surface area contributed by atoms with E-state index in [-0.39, 0.29) is 0 Å². The standard InChI is InChI=1S/C24H23N3O2S/c1-16-11-12-19(14-17(16)2)21-15-30-24(25-20-8-5-6-9-23(20)28-4)27(21)26-18(3)22-10-7-13-29-22/h5-15H,1-4H3/b25-24?,26-18-. The van der Waals surface area contributed by atoms with Crippen molar-refractivity contribution in [2.75, 3.05) is 7.11 Å². The van der Waals surface area contributed by atoms with Crippen LogP contribution in [-0.2, 0) is 0 Å². The predicted molar refractivity (Wildman–Crippen MR) is 122 cm³/mol. The van der Waals surface area contributed by atoms with Gasteiger partial charge in [0, 0.05) is 10.9 Å². The van der Waals surface area contributed by atoms with Gasteiger partial charge in [-0.05, 0) is 62.2 Å². The van der Waals surface area contributed by atoms with Crippen LogP contribution in [0.25, 0.3) is 11.3 Å². The highest BCUT2D eigenvalue weighted by Crippen LogP contribution is 2.27. The van der Waals surface area contributed by atoms with Gasteiger partial charge >= 0.3 is 0 Å². The Hall–Kier alpha value is -3.38. The second-order valence-corrected chi connectivity index (χ2v) is 7.80. The lowest BCUT2D eigenvalue weighted by Gasteiger charge is -2.08. The number of furan rings is 1. The number of aryl methyl sites for hydroxylation is 2. The van der Waals surface area contributed by atoms with Gasteiger partial charge in [-0.25, -0.2) is 9.67 Å². The van der Waals surface area contributed by atoms with Crippen molar-refractivity contribution < 1.29 is 9.15 Å². The number of benzene rings is 2. The molecule has 30 heavy (non-hydrogen) atoms. The fraction of sp³-hybridized carbons (Fsp3) is 0.167.